The van der Waals surface area contributed by atoms with Crippen molar-refractivity contribution in [1.82, 2.24) is 10.6 Å². The Morgan fingerprint density at radius 2 is 2.15 bits per heavy atom. The molecule has 0 radical (unpaired) electrons. The molecule has 1 aromatic carbocycles. The number of nitrogens with one attached hydrogen (secondary N) is 2. The van der Waals surface area contributed by atoms with E-state index in [1.165, 1.54) is 31.2 Å². The molecule has 4 heteroatoms. The van der Waals surface area contributed by atoms with E-state index >= 15 is 0 Å². The number of carbonyl (C=O) groups is 1. The van der Waals surface area contributed by atoms with Gasteiger partial charge in [0, 0.05) is 17.1 Å². The van der Waals surface area contributed by atoms with Crippen molar-refractivity contribution in [1.29, 1.82) is 0 Å². The highest BCUT2D eigenvalue weighted by Crippen LogP contribution is 2.36. The number of amides is 1. The fraction of sp³-hybridized carbons (Fsp3) is 0.562. The molecule has 1 heterocycles. The predicted molar refractivity (Wildman–Crippen MR) is 79.7 cm³/mol. The first kappa shape index (κ1) is 13.6. The van der Waals surface area contributed by atoms with Gasteiger partial charge in [-0.25, -0.2) is 0 Å². The summed E-state index contributed by atoms with van der Waals surface area (Å²) in [5.74, 6) is -0.362. The van der Waals surface area contributed by atoms with E-state index < -0.39 is 0 Å². The average molecular weight is 273 g/mol. The van der Waals surface area contributed by atoms with E-state index in [0.717, 1.165) is 19.5 Å². The third-order valence-corrected chi connectivity index (χ3v) is 4.87. The Bertz CT molecular complexity index is 473. The maximum Gasteiger partial charge on any atom is 0.248 e. The summed E-state index contributed by atoms with van der Waals surface area (Å²) in [6.07, 6.45) is 6.18. The molecule has 4 nitrogen and oxygen atoms in total. The smallest absolute Gasteiger partial charge is 0.248 e. The van der Waals surface area contributed by atoms with Crippen molar-refractivity contribution in [3.05, 3.63) is 35.4 Å². The lowest BCUT2D eigenvalue weighted by Crippen LogP contribution is -2.50. The summed E-state index contributed by atoms with van der Waals surface area (Å²) >= 11 is 0. The predicted octanol–water partition coefficient (Wildman–Crippen LogP) is 1.20. The molecule has 4 N–H and O–H groups in total. The molecule has 1 aromatic rings. The fourth-order valence-electron chi connectivity index (χ4n) is 3.73. The van der Waals surface area contributed by atoms with E-state index in [9.17, 15) is 4.79 Å². The molecule has 0 aromatic heterocycles. The molecule has 3 rings (SSSR count). The largest absolute Gasteiger partial charge is 0.366 e. The second-order valence-electron chi connectivity index (χ2n) is 6.04. The van der Waals surface area contributed by atoms with Crippen molar-refractivity contribution >= 4 is 5.91 Å². The Morgan fingerprint density at radius 1 is 1.35 bits per heavy atom. The van der Waals surface area contributed by atoms with Crippen LogP contribution < -0.4 is 16.4 Å². The summed E-state index contributed by atoms with van der Waals surface area (Å²) in [5, 5.41) is 7.40. The van der Waals surface area contributed by atoms with Crippen molar-refractivity contribution in [2.24, 2.45) is 5.73 Å². The van der Waals surface area contributed by atoms with E-state index in [4.69, 9.17) is 5.73 Å². The minimum atomic E-state index is -0.362. The van der Waals surface area contributed by atoms with Crippen LogP contribution in [0.4, 0.5) is 0 Å². The van der Waals surface area contributed by atoms with Crippen LogP contribution in [0.5, 0.6) is 0 Å². The first-order chi connectivity index (χ1) is 9.70. The molecule has 0 bridgehead atoms. The Morgan fingerprint density at radius 3 is 2.90 bits per heavy atom. The van der Waals surface area contributed by atoms with E-state index in [2.05, 4.69) is 10.6 Å². The number of carbonyl (C=O) groups excluding carboxylic acids is 1. The van der Waals surface area contributed by atoms with Crippen molar-refractivity contribution in [2.75, 3.05) is 13.1 Å². The zero-order valence-electron chi connectivity index (χ0n) is 11.8. The zero-order chi connectivity index (χ0) is 14.0. The minimum Gasteiger partial charge on any atom is -0.366 e. The number of fused-ring (bicyclic) bond motifs is 1. The van der Waals surface area contributed by atoms with Gasteiger partial charge in [0.1, 0.15) is 0 Å². The second kappa shape index (κ2) is 5.54. The SMILES string of the molecule is NC(=O)c1ccc(CCNC23CCCC2NCC3)cc1. The lowest BCUT2D eigenvalue weighted by Gasteiger charge is -2.30. The quantitative estimate of drug-likeness (QED) is 0.755. The summed E-state index contributed by atoms with van der Waals surface area (Å²) in [7, 11) is 0. The van der Waals surface area contributed by atoms with Gasteiger partial charge in [0.15, 0.2) is 0 Å². The van der Waals surface area contributed by atoms with Crippen molar-refractivity contribution in [3.63, 3.8) is 0 Å². The fourth-order valence-corrected chi connectivity index (χ4v) is 3.73. The van der Waals surface area contributed by atoms with Gasteiger partial charge in [0.2, 0.25) is 5.91 Å². The molecule has 2 unspecified atom stereocenters. The van der Waals surface area contributed by atoms with Gasteiger partial charge in [-0.1, -0.05) is 12.1 Å². The molecule has 1 aliphatic carbocycles. The number of rotatable bonds is 5. The molecule has 1 saturated heterocycles. The highest BCUT2D eigenvalue weighted by Gasteiger charge is 2.45. The lowest BCUT2D eigenvalue weighted by molar-refractivity contribution is 0.100. The summed E-state index contributed by atoms with van der Waals surface area (Å²) in [4.78, 5) is 11.0. The first-order valence-corrected chi connectivity index (χ1v) is 7.57. The maximum atomic E-state index is 11.0. The maximum absolute atomic E-state index is 11.0. The number of primary amides is 1. The van der Waals surface area contributed by atoms with Crippen LogP contribution in [-0.2, 0) is 6.42 Å². The van der Waals surface area contributed by atoms with Gasteiger partial charge in [-0.3, -0.25) is 4.79 Å². The van der Waals surface area contributed by atoms with Crippen LogP contribution in [0.3, 0.4) is 0 Å². The third-order valence-electron chi connectivity index (χ3n) is 4.87. The summed E-state index contributed by atoms with van der Waals surface area (Å²) in [5.41, 5.74) is 7.42. The molecular weight excluding hydrogens is 250 g/mol. The third kappa shape index (κ3) is 2.58. The van der Waals surface area contributed by atoms with Crippen LogP contribution >= 0.6 is 0 Å². The van der Waals surface area contributed by atoms with Crippen LogP contribution in [0.15, 0.2) is 24.3 Å². The summed E-state index contributed by atoms with van der Waals surface area (Å²) in [6.45, 7) is 2.14. The number of benzene rings is 1. The van der Waals surface area contributed by atoms with Crippen LogP contribution in [-0.4, -0.2) is 30.6 Å². The Kier molecular flexibility index (Phi) is 3.76. The van der Waals surface area contributed by atoms with Crippen LogP contribution in [0.25, 0.3) is 0 Å². The monoisotopic (exact) mass is 273 g/mol. The van der Waals surface area contributed by atoms with E-state index in [-0.39, 0.29) is 5.91 Å². The topological polar surface area (TPSA) is 67.2 Å². The van der Waals surface area contributed by atoms with E-state index in [1.54, 1.807) is 0 Å². The molecule has 108 valence electrons. The molecule has 2 atom stereocenters. The van der Waals surface area contributed by atoms with E-state index in [0.29, 0.717) is 17.1 Å². The summed E-state index contributed by atoms with van der Waals surface area (Å²) in [6, 6.07) is 8.29. The van der Waals surface area contributed by atoms with Crippen LogP contribution in [0, 0.1) is 0 Å². The van der Waals surface area contributed by atoms with Gasteiger partial charge in [-0.15, -0.1) is 0 Å². The molecule has 1 saturated carbocycles. The lowest BCUT2D eigenvalue weighted by atomic mass is 9.93. The highest BCUT2D eigenvalue weighted by atomic mass is 16.1. The molecular formula is C16H23N3O. The molecule has 0 spiro atoms. The van der Waals surface area contributed by atoms with Gasteiger partial charge in [0.05, 0.1) is 0 Å². The summed E-state index contributed by atoms with van der Waals surface area (Å²) < 4.78 is 0. The molecule has 2 fully saturated rings. The highest BCUT2D eigenvalue weighted by molar-refractivity contribution is 5.92. The van der Waals surface area contributed by atoms with Gasteiger partial charge < -0.3 is 16.4 Å². The molecule has 1 aliphatic heterocycles. The van der Waals surface area contributed by atoms with Crippen molar-refractivity contribution < 1.29 is 4.79 Å². The average Bonchev–Trinajstić information content (AvgIpc) is 2.98. The first-order valence-electron chi connectivity index (χ1n) is 7.57. The van der Waals surface area contributed by atoms with Gasteiger partial charge >= 0.3 is 0 Å². The minimum absolute atomic E-state index is 0.340. The molecule has 1 amide bonds. The number of nitrogens with two attached hydrogens (primary N) is 1. The second-order valence-corrected chi connectivity index (χ2v) is 6.04. The normalized spacial score (nSPS) is 28.5. The van der Waals surface area contributed by atoms with Crippen molar-refractivity contribution in [2.45, 2.75) is 43.7 Å². The Hall–Kier alpha value is -1.39. The van der Waals surface area contributed by atoms with Crippen LogP contribution in [0.2, 0.25) is 0 Å². The Labute approximate surface area is 120 Å². The van der Waals surface area contributed by atoms with Gasteiger partial charge in [-0.05, 0) is 62.9 Å². The number of hydrogen-bond acceptors (Lipinski definition) is 3. The Balaban J connectivity index is 1.53. The van der Waals surface area contributed by atoms with Gasteiger partial charge in [-0.2, -0.15) is 0 Å². The molecule has 20 heavy (non-hydrogen) atoms. The zero-order valence-corrected chi connectivity index (χ0v) is 11.8. The van der Waals surface area contributed by atoms with Crippen molar-refractivity contribution in [3.8, 4) is 0 Å². The van der Waals surface area contributed by atoms with E-state index in [1.807, 2.05) is 24.3 Å². The van der Waals surface area contributed by atoms with Crippen LogP contribution in [0.1, 0.15) is 41.6 Å². The van der Waals surface area contributed by atoms with Gasteiger partial charge in [0.25, 0.3) is 0 Å². The molecule has 2 aliphatic rings. The standard InChI is InChI=1S/C16H23N3O/c17-15(20)13-5-3-12(4-6-13)7-10-19-16-8-1-2-14(16)18-11-9-16/h3-6,14,18-19H,1-2,7-11H2,(H2,17,20). The number of hydrogen-bond donors (Lipinski definition) is 3.